The molecule has 6 aromatic carbocycles. The zero-order chi connectivity index (χ0) is 56.0. The fourth-order valence-electron chi connectivity index (χ4n) is 9.23. The SMILES string of the molecule is CC(C)(/C=C(/CC(C)(C)c1ccc(OS(=O)(=O)c2cccc3c2C=CC(=[N+]=[N-])C3=O)cc1)c1ccc(OS(=O)(=O)c2cccc3c2C=CC(=[N+]=[N-])C3=O)cc1)c1ccc(OS(=O)(=O)c2cccc3c2C=CC(=[N+]=[N-])C3=O)cc1. The summed E-state index contributed by atoms with van der Waals surface area (Å²) >= 11 is 0. The van der Waals surface area contributed by atoms with E-state index >= 15 is 0 Å². The van der Waals surface area contributed by atoms with E-state index < -0.39 is 58.5 Å². The van der Waals surface area contributed by atoms with Gasteiger partial charge in [-0.3, -0.25) is 14.4 Å². The first-order valence-corrected chi connectivity index (χ1v) is 27.8. The van der Waals surface area contributed by atoms with E-state index in [0.717, 1.165) is 16.7 Å². The van der Waals surface area contributed by atoms with Gasteiger partial charge in [0.2, 0.25) is 0 Å². The second-order valence-corrected chi connectivity index (χ2v) is 23.8. The Hall–Kier alpha value is -9.32. The summed E-state index contributed by atoms with van der Waals surface area (Å²) in [4.78, 5) is 46.5. The molecule has 3 aliphatic rings. The maximum atomic E-state index is 13.8. The number of fused-ring (bicyclic) bond motifs is 3. The van der Waals surface area contributed by atoms with Crippen molar-refractivity contribution >= 4 is 88.6 Å². The molecule has 18 nitrogen and oxygen atoms in total. The Morgan fingerprint density at radius 1 is 0.449 bits per heavy atom. The third-order valence-electron chi connectivity index (χ3n) is 13.2. The van der Waals surface area contributed by atoms with Gasteiger partial charge in [-0.25, -0.2) is 0 Å². The number of allylic oxidation sites excluding steroid dienone is 5. The number of rotatable bonds is 15. The number of hydrogen-bond acceptors (Lipinski definition) is 12. The highest BCUT2D eigenvalue weighted by molar-refractivity contribution is 7.87. The van der Waals surface area contributed by atoms with Gasteiger partial charge in [0.05, 0.1) is 0 Å². The van der Waals surface area contributed by atoms with Gasteiger partial charge in [-0.1, -0.05) is 107 Å². The normalized spacial score (nSPS) is 14.4. The first-order chi connectivity index (χ1) is 37.0. The van der Waals surface area contributed by atoms with Gasteiger partial charge in [-0.05, 0) is 107 Å². The molecular formula is C57H42N6O12S3. The molecule has 0 saturated heterocycles. The lowest BCUT2D eigenvalue weighted by atomic mass is 9.74. The van der Waals surface area contributed by atoms with Crippen LogP contribution in [-0.4, -0.2) is 74.1 Å². The predicted molar refractivity (Wildman–Crippen MR) is 287 cm³/mol. The molecule has 9 rings (SSSR count). The van der Waals surface area contributed by atoms with Crippen molar-refractivity contribution in [3.8, 4) is 17.2 Å². The molecule has 0 aliphatic heterocycles. The molecule has 0 aromatic heterocycles. The van der Waals surface area contributed by atoms with Gasteiger partial charge in [0.25, 0.3) is 17.3 Å². The molecule has 0 amide bonds. The molecule has 78 heavy (non-hydrogen) atoms. The van der Waals surface area contributed by atoms with E-state index in [-0.39, 0.29) is 82.5 Å². The van der Waals surface area contributed by atoms with Crippen molar-refractivity contribution in [2.75, 3.05) is 0 Å². The van der Waals surface area contributed by atoms with Gasteiger partial charge in [-0.2, -0.15) is 39.6 Å². The van der Waals surface area contributed by atoms with E-state index in [2.05, 4.69) is 14.4 Å². The third-order valence-corrected chi connectivity index (χ3v) is 17.1. The fourth-order valence-corrected chi connectivity index (χ4v) is 12.7. The van der Waals surface area contributed by atoms with E-state index in [0.29, 0.717) is 12.0 Å². The standard InChI is InChI=1S/C57H42N6O12S3/c1-56(2,36-16-22-39(23-17-36)74-77(69,70)51-12-6-9-45-42(51)27-30-48(62-59)54(45)65)32-35(34-14-20-38(21-15-34)73-76(67,68)50-11-5-8-44-41(50)26-29-47(61-58)53(44)64)33-57(3,4)37-18-24-40(25-19-37)75-78(71,72)52-13-7-10-46-43(52)28-31-49(63-60)55(46)66/h5-32H,33H2,1-4H3/b35-32-. The summed E-state index contributed by atoms with van der Waals surface area (Å²) in [6.07, 6.45) is 10.0. The first kappa shape index (κ1) is 53.5. The summed E-state index contributed by atoms with van der Waals surface area (Å²) in [5.41, 5.74) is 28.7. The molecule has 390 valence electrons. The number of nitrogens with zero attached hydrogens (tertiary/aromatic N) is 6. The molecule has 21 heteroatoms. The molecule has 3 aliphatic carbocycles. The van der Waals surface area contributed by atoms with Crippen molar-refractivity contribution in [1.29, 1.82) is 0 Å². The molecule has 0 atom stereocenters. The molecular weight excluding hydrogens is 1060 g/mol. The van der Waals surface area contributed by atoms with Crippen LogP contribution in [0.5, 0.6) is 17.2 Å². The maximum absolute atomic E-state index is 13.8. The van der Waals surface area contributed by atoms with Crippen LogP contribution in [0.25, 0.3) is 40.4 Å². The van der Waals surface area contributed by atoms with Crippen LogP contribution in [0, 0.1) is 0 Å². The minimum atomic E-state index is -4.52. The lowest BCUT2D eigenvalue weighted by Gasteiger charge is -2.30. The van der Waals surface area contributed by atoms with E-state index in [4.69, 9.17) is 12.5 Å². The molecule has 0 unspecified atom stereocenters. The van der Waals surface area contributed by atoms with E-state index in [9.17, 15) is 56.2 Å². The van der Waals surface area contributed by atoms with Crippen LogP contribution >= 0.6 is 0 Å². The molecule has 6 aromatic rings. The zero-order valence-corrected chi connectivity index (χ0v) is 44.1. The van der Waals surface area contributed by atoms with Crippen LogP contribution < -0.4 is 12.5 Å². The van der Waals surface area contributed by atoms with Crippen molar-refractivity contribution in [3.05, 3.63) is 218 Å². The number of benzene rings is 6. The number of carbonyl (C=O) groups excluding carboxylic acids is 3. The Morgan fingerprint density at radius 3 is 1.10 bits per heavy atom. The fraction of sp³-hybridized carbons (Fsp3) is 0.123. The van der Waals surface area contributed by atoms with Gasteiger partial charge in [0, 0.05) is 57.0 Å². The Labute approximate surface area is 448 Å². The predicted octanol–water partition coefficient (Wildman–Crippen LogP) is 9.36. The molecule has 0 radical (unpaired) electrons. The third kappa shape index (κ3) is 10.4. The zero-order valence-electron chi connectivity index (χ0n) is 41.7. The van der Waals surface area contributed by atoms with Crippen LogP contribution in [0.15, 0.2) is 166 Å². The van der Waals surface area contributed by atoms with Crippen LogP contribution in [0.2, 0.25) is 0 Å². The first-order valence-electron chi connectivity index (χ1n) is 23.6. The van der Waals surface area contributed by atoms with Crippen LogP contribution in [0.3, 0.4) is 0 Å². The van der Waals surface area contributed by atoms with E-state index in [1.807, 2.05) is 33.8 Å². The lowest BCUT2D eigenvalue weighted by Crippen LogP contribution is -2.21. The van der Waals surface area contributed by atoms with Crippen molar-refractivity contribution in [2.45, 2.75) is 59.6 Å². The van der Waals surface area contributed by atoms with Crippen molar-refractivity contribution in [3.63, 3.8) is 0 Å². The Balaban J connectivity index is 1.01. The highest BCUT2D eigenvalue weighted by Gasteiger charge is 2.35. The average Bonchev–Trinajstić information content (AvgIpc) is 3.53. The molecule has 0 fully saturated rings. The maximum Gasteiger partial charge on any atom is 0.362 e. The number of ketones is 3. The summed E-state index contributed by atoms with van der Waals surface area (Å²) in [5.74, 6) is -2.06. The number of Topliss-reactive ketones (excluding diaryl/α,β-unsaturated/α-hetero) is 3. The largest absolute Gasteiger partial charge is 0.379 e. The molecule has 0 N–H and O–H groups in total. The second kappa shape index (κ2) is 20.3. The lowest BCUT2D eigenvalue weighted by molar-refractivity contribution is -0.00459. The monoisotopic (exact) mass is 1100 g/mol. The Morgan fingerprint density at radius 2 is 0.769 bits per heavy atom. The van der Waals surface area contributed by atoms with Crippen molar-refractivity contribution < 1.29 is 66.6 Å². The second-order valence-electron chi connectivity index (χ2n) is 19.2. The smallest absolute Gasteiger partial charge is 0.362 e. The molecule has 0 bridgehead atoms. The highest BCUT2D eigenvalue weighted by Crippen LogP contribution is 2.40. The topological polar surface area (TPSA) is 291 Å². The summed E-state index contributed by atoms with van der Waals surface area (Å²) in [6.45, 7) is 7.84. The minimum absolute atomic E-state index is 0.0115. The van der Waals surface area contributed by atoms with E-state index in [1.54, 1.807) is 36.4 Å². The van der Waals surface area contributed by atoms with Gasteiger partial charge in [0.15, 0.2) is 0 Å². The van der Waals surface area contributed by atoms with Crippen LogP contribution in [0.1, 0.15) is 98.6 Å². The summed E-state index contributed by atoms with van der Waals surface area (Å²) in [5, 5.41) is 0. The summed E-state index contributed by atoms with van der Waals surface area (Å²) < 4.78 is 98.9. The van der Waals surface area contributed by atoms with Crippen LogP contribution in [-0.2, 0) is 41.2 Å². The quantitative estimate of drug-likeness (QED) is 0.0528. The van der Waals surface area contributed by atoms with Gasteiger partial charge >= 0.3 is 47.5 Å². The van der Waals surface area contributed by atoms with Crippen molar-refractivity contribution in [1.82, 2.24) is 0 Å². The van der Waals surface area contributed by atoms with Gasteiger partial charge in [0.1, 0.15) is 31.9 Å². The highest BCUT2D eigenvalue weighted by atomic mass is 32.2. The van der Waals surface area contributed by atoms with E-state index in [1.165, 1.54) is 127 Å². The Kier molecular flexibility index (Phi) is 13.9. The minimum Gasteiger partial charge on any atom is -0.379 e. The van der Waals surface area contributed by atoms with Crippen LogP contribution in [0.4, 0.5) is 0 Å². The summed E-state index contributed by atoms with van der Waals surface area (Å²) in [7, 11) is -13.5. The molecule has 0 spiro atoms. The van der Waals surface area contributed by atoms with Gasteiger partial charge < -0.3 is 29.1 Å². The van der Waals surface area contributed by atoms with Gasteiger partial charge in [-0.15, -0.1) is 0 Å². The Bertz CT molecular complexity index is 4240. The summed E-state index contributed by atoms with van der Waals surface area (Å²) in [6, 6.07) is 31.5. The molecule has 0 heterocycles. The molecule has 0 saturated carbocycles. The number of hydrogen-bond donors (Lipinski definition) is 0. The average molecular weight is 1100 g/mol. The van der Waals surface area contributed by atoms with Crippen molar-refractivity contribution in [2.24, 2.45) is 0 Å². The number of carbonyl (C=O) groups is 3.